The lowest BCUT2D eigenvalue weighted by Crippen LogP contribution is -2.16. The van der Waals surface area contributed by atoms with Gasteiger partial charge >= 0.3 is 0 Å². The second kappa shape index (κ2) is 4.42. The summed E-state index contributed by atoms with van der Waals surface area (Å²) in [5.74, 6) is 1.15. The van der Waals surface area contributed by atoms with Crippen LogP contribution in [0.5, 0.6) is 0 Å². The molecule has 0 bridgehead atoms. The van der Waals surface area contributed by atoms with Crippen molar-refractivity contribution in [2.75, 3.05) is 6.54 Å². The normalized spacial score (nSPS) is 10.8. The lowest BCUT2D eigenvalue weighted by atomic mass is 10.4. The van der Waals surface area contributed by atoms with Gasteiger partial charge in [-0.15, -0.1) is 0 Å². The SMILES string of the molecule is CCNCc1nc(C)c(C)n1CC. The molecule has 0 aliphatic carbocycles. The molecule has 3 nitrogen and oxygen atoms in total. The largest absolute Gasteiger partial charge is 0.331 e. The average Bonchev–Trinajstić information content (AvgIpc) is 2.39. The Bertz CT molecular complexity index is 276. The molecule has 1 aromatic rings. The van der Waals surface area contributed by atoms with Crippen LogP contribution in [0.25, 0.3) is 0 Å². The van der Waals surface area contributed by atoms with E-state index in [4.69, 9.17) is 0 Å². The molecule has 0 amide bonds. The smallest absolute Gasteiger partial charge is 0.123 e. The van der Waals surface area contributed by atoms with Gasteiger partial charge in [-0.1, -0.05) is 6.92 Å². The van der Waals surface area contributed by atoms with Gasteiger partial charge in [0.2, 0.25) is 0 Å². The van der Waals surface area contributed by atoms with Crippen LogP contribution in [0.4, 0.5) is 0 Å². The van der Waals surface area contributed by atoms with Crippen LogP contribution in [0.1, 0.15) is 31.1 Å². The number of nitrogens with one attached hydrogen (secondary N) is 1. The molecule has 0 atom stereocenters. The van der Waals surface area contributed by atoms with Crippen molar-refractivity contribution in [1.29, 1.82) is 0 Å². The standard InChI is InChI=1S/C10H19N3/c1-5-11-7-10-12-8(3)9(4)13(10)6-2/h11H,5-7H2,1-4H3. The minimum absolute atomic E-state index is 0.874. The Morgan fingerprint density at radius 1 is 1.31 bits per heavy atom. The number of nitrogens with zero attached hydrogens (tertiary/aromatic N) is 2. The van der Waals surface area contributed by atoms with Gasteiger partial charge in [0, 0.05) is 12.2 Å². The molecule has 0 fully saturated rings. The Kier molecular flexibility index (Phi) is 3.48. The van der Waals surface area contributed by atoms with Crippen LogP contribution in [0.3, 0.4) is 0 Å². The highest BCUT2D eigenvalue weighted by atomic mass is 15.1. The lowest BCUT2D eigenvalue weighted by molar-refractivity contribution is 0.620. The molecule has 0 aliphatic rings. The fourth-order valence-corrected chi connectivity index (χ4v) is 1.52. The molecule has 0 spiro atoms. The van der Waals surface area contributed by atoms with Crippen LogP contribution >= 0.6 is 0 Å². The van der Waals surface area contributed by atoms with E-state index in [1.807, 2.05) is 0 Å². The van der Waals surface area contributed by atoms with Crippen molar-refractivity contribution < 1.29 is 0 Å². The van der Waals surface area contributed by atoms with E-state index in [0.717, 1.165) is 31.2 Å². The van der Waals surface area contributed by atoms with Crippen molar-refractivity contribution in [3.05, 3.63) is 17.2 Å². The summed E-state index contributed by atoms with van der Waals surface area (Å²) in [5, 5.41) is 3.30. The van der Waals surface area contributed by atoms with Crippen LogP contribution < -0.4 is 5.32 Å². The van der Waals surface area contributed by atoms with Crippen LogP contribution in [0.15, 0.2) is 0 Å². The first-order valence-corrected chi connectivity index (χ1v) is 4.94. The highest BCUT2D eigenvalue weighted by Gasteiger charge is 2.07. The maximum Gasteiger partial charge on any atom is 0.123 e. The average molecular weight is 181 g/mol. The molecule has 74 valence electrons. The van der Waals surface area contributed by atoms with E-state index < -0.39 is 0 Å². The Morgan fingerprint density at radius 3 is 2.54 bits per heavy atom. The lowest BCUT2D eigenvalue weighted by Gasteiger charge is -2.06. The maximum absolute atomic E-state index is 4.52. The van der Waals surface area contributed by atoms with Crippen molar-refractivity contribution in [2.24, 2.45) is 0 Å². The number of imidazole rings is 1. The number of aryl methyl sites for hydroxylation is 1. The highest BCUT2D eigenvalue weighted by Crippen LogP contribution is 2.09. The van der Waals surface area contributed by atoms with E-state index in [2.05, 4.69) is 42.6 Å². The van der Waals surface area contributed by atoms with Gasteiger partial charge in [0.05, 0.1) is 12.2 Å². The summed E-state index contributed by atoms with van der Waals surface area (Å²) >= 11 is 0. The van der Waals surface area contributed by atoms with E-state index >= 15 is 0 Å². The minimum atomic E-state index is 0.874. The van der Waals surface area contributed by atoms with Gasteiger partial charge in [-0.3, -0.25) is 0 Å². The summed E-state index contributed by atoms with van der Waals surface area (Å²) < 4.78 is 2.26. The van der Waals surface area contributed by atoms with E-state index in [-0.39, 0.29) is 0 Å². The third-order valence-corrected chi connectivity index (χ3v) is 2.39. The van der Waals surface area contributed by atoms with E-state index in [9.17, 15) is 0 Å². The molecular weight excluding hydrogens is 162 g/mol. The van der Waals surface area contributed by atoms with E-state index in [1.165, 1.54) is 5.69 Å². The summed E-state index contributed by atoms with van der Waals surface area (Å²) in [5.41, 5.74) is 2.44. The molecule has 1 heterocycles. The van der Waals surface area contributed by atoms with Crippen molar-refractivity contribution in [1.82, 2.24) is 14.9 Å². The number of hydrogen-bond acceptors (Lipinski definition) is 2. The molecule has 0 unspecified atom stereocenters. The zero-order valence-electron chi connectivity index (χ0n) is 9.02. The summed E-state index contributed by atoms with van der Waals surface area (Å²) in [6.45, 7) is 11.3. The molecule has 0 radical (unpaired) electrons. The van der Waals surface area contributed by atoms with Gasteiger partial charge in [0.25, 0.3) is 0 Å². The Morgan fingerprint density at radius 2 is 2.00 bits per heavy atom. The molecule has 1 aromatic heterocycles. The molecular formula is C10H19N3. The Hall–Kier alpha value is -0.830. The number of rotatable bonds is 4. The van der Waals surface area contributed by atoms with E-state index in [0.29, 0.717) is 0 Å². The zero-order valence-corrected chi connectivity index (χ0v) is 9.02. The first kappa shape index (κ1) is 10.3. The predicted molar refractivity (Wildman–Crippen MR) is 54.8 cm³/mol. The molecule has 3 heteroatoms. The molecule has 0 saturated carbocycles. The first-order chi connectivity index (χ1) is 6.20. The minimum Gasteiger partial charge on any atom is -0.331 e. The second-order valence-corrected chi connectivity index (χ2v) is 3.22. The summed E-state index contributed by atoms with van der Waals surface area (Å²) in [6, 6.07) is 0. The van der Waals surface area contributed by atoms with Gasteiger partial charge in [0.1, 0.15) is 5.82 Å². The number of hydrogen-bond donors (Lipinski definition) is 1. The fraction of sp³-hybridized carbons (Fsp3) is 0.700. The van der Waals surface area contributed by atoms with Crippen molar-refractivity contribution in [3.63, 3.8) is 0 Å². The van der Waals surface area contributed by atoms with Crippen LogP contribution in [0, 0.1) is 13.8 Å². The molecule has 13 heavy (non-hydrogen) atoms. The first-order valence-electron chi connectivity index (χ1n) is 4.94. The van der Waals surface area contributed by atoms with Crippen LogP contribution in [-0.4, -0.2) is 16.1 Å². The van der Waals surface area contributed by atoms with Crippen LogP contribution in [-0.2, 0) is 13.1 Å². The third-order valence-electron chi connectivity index (χ3n) is 2.39. The van der Waals surface area contributed by atoms with E-state index in [1.54, 1.807) is 0 Å². The Balaban J connectivity index is 2.86. The van der Waals surface area contributed by atoms with Gasteiger partial charge < -0.3 is 9.88 Å². The third kappa shape index (κ3) is 2.10. The van der Waals surface area contributed by atoms with Crippen molar-refractivity contribution in [3.8, 4) is 0 Å². The second-order valence-electron chi connectivity index (χ2n) is 3.22. The fourth-order valence-electron chi connectivity index (χ4n) is 1.52. The number of aromatic nitrogens is 2. The zero-order chi connectivity index (χ0) is 9.84. The quantitative estimate of drug-likeness (QED) is 0.765. The van der Waals surface area contributed by atoms with Gasteiger partial charge in [-0.05, 0) is 27.3 Å². The maximum atomic E-state index is 4.52. The predicted octanol–water partition coefficient (Wildman–Crippen LogP) is 1.63. The molecule has 0 aliphatic heterocycles. The topological polar surface area (TPSA) is 29.9 Å². The van der Waals surface area contributed by atoms with Gasteiger partial charge in [0.15, 0.2) is 0 Å². The monoisotopic (exact) mass is 181 g/mol. The summed E-state index contributed by atoms with van der Waals surface area (Å²) in [6.07, 6.45) is 0. The van der Waals surface area contributed by atoms with Gasteiger partial charge in [-0.2, -0.15) is 0 Å². The van der Waals surface area contributed by atoms with Crippen LogP contribution in [0.2, 0.25) is 0 Å². The molecule has 1 rings (SSSR count). The molecule has 0 aromatic carbocycles. The Labute approximate surface area is 80.2 Å². The highest BCUT2D eigenvalue weighted by molar-refractivity contribution is 5.14. The summed E-state index contributed by atoms with van der Waals surface area (Å²) in [7, 11) is 0. The molecule has 0 saturated heterocycles. The van der Waals surface area contributed by atoms with Crippen molar-refractivity contribution in [2.45, 2.75) is 40.8 Å². The summed E-state index contributed by atoms with van der Waals surface area (Å²) in [4.78, 5) is 4.52. The molecule has 1 N–H and O–H groups in total. The van der Waals surface area contributed by atoms with Gasteiger partial charge in [-0.25, -0.2) is 4.98 Å². The van der Waals surface area contributed by atoms with Crippen molar-refractivity contribution >= 4 is 0 Å².